The Morgan fingerprint density at radius 2 is 1.71 bits per heavy atom. The molecule has 0 saturated carbocycles. The highest BCUT2D eigenvalue weighted by Gasteiger charge is 2.29. The lowest BCUT2D eigenvalue weighted by atomic mass is 9.96. The quantitative estimate of drug-likeness (QED) is 0.691. The molecule has 164 valence electrons. The zero-order valence-electron chi connectivity index (χ0n) is 17.6. The van der Waals surface area contributed by atoms with E-state index in [1.165, 1.54) is 24.3 Å². The van der Waals surface area contributed by atoms with Gasteiger partial charge in [0, 0.05) is 25.2 Å². The van der Waals surface area contributed by atoms with E-state index in [1.807, 2.05) is 37.3 Å². The summed E-state index contributed by atoms with van der Waals surface area (Å²) in [4.78, 5) is 38.4. The number of piperidine rings is 1. The number of hydrogen-bond acceptors (Lipinski definition) is 4. The normalized spacial score (nSPS) is 15.2. The van der Waals surface area contributed by atoms with Crippen LogP contribution in [-0.2, 0) is 14.3 Å². The van der Waals surface area contributed by atoms with Crippen molar-refractivity contribution < 1.29 is 23.5 Å². The molecule has 1 aliphatic heterocycles. The third kappa shape index (κ3) is 6.38. The van der Waals surface area contributed by atoms with Gasteiger partial charge in [-0.3, -0.25) is 14.4 Å². The molecule has 0 radical (unpaired) electrons. The first-order valence-corrected chi connectivity index (χ1v) is 10.5. The fourth-order valence-corrected chi connectivity index (χ4v) is 3.57. The van der Waals surface area contributed by atoms with E-state index in [1.54, 1.807) is 4.90 Å². The Morgan fingerprint density at radius 3 is 2.35 bits per heavy atom. The Morgan fingerprint density at radius 1 is 1.06 bits per heavy atom. The average Bonchev–Trinajstić information content (AvgIpc) is 2.81. The number of likely N-dealkylation sites (tertiary alicyclic amines) is 1. The summed E-state index contributed by atoms with van der Waals surface area (Å²) in [6, 6.07) is 15.3. The number of benzene rings is 2. The number of halogens is 1. The second-order valence-corrected chi connectivity index (χ2v) is 7.80. The lowest BCUT2D eigenvalue weighted by Gasteiger charge is -2.31. The maximum atomic E-state index is 13.0. The largest absolute Gasteiger partial charge is 0.455 e. The second-order valence-electron chi connectivity index (χ2n) is 7.80. The molecule has 1 heterocycles. The summed E-state index contributed by atoms with van der Waals surface area (Å²) in [6.45, 7) is 3.00. The summed E-state index contributed by atoms with van der Waals surface area (Å²) in [6.07, 6.45) is 0.941. The Kier molecular flexibility index (Phi) is 7.76. The molecular weight excluding hydrogens is 399 g/mol. The standard InChI is InChI=1S/C24H27FN2O4/c1-17(18-5-3-2-4-6-18)15-26-22(28)16-31-24(30)20-11-13-27(14-12-20)23(29)19-7-9-21(25)10-8-19/h2-10,17,20H,11-16H2,1H3,(H,26,28)/t17-/m0/s1. The molecule has 7 heteroatoms. The Balaban J connectivity index is 1.37. The third-order valence-electron chi connectivity index (χ3n) is 5.53. The highest BCUT2D eigenvalue weighted by atomic mass is 19.1. The van der Waals surface area contributed by atoms with Crippen LogP contribution in [0.2, 0.25) is 0 Å². The molecule has 6 nitrogen and oxygen atoms in total. The van der Waals surface area contributed by atoms with Crippen molar-refractivity contribution in [2.75, 3.05) is 26.2 Å². The van der Waals surface area contributed by atoms with Gasteiger partial charge >= 0.3 is 5.97 Å². The lowest BCUT2D eigenvalue weighted by Crippen LogP contribution is -2.41. The molecule has 1 aliphatic rings. The molecule has 1 saturated heterocycles. The minimum Gasteiger partial charge on any atom is -0.455 e. The van der Waals surface area contributed by atoms with Gasteiger partial charge in [-0.1, -0.05) is 37.3 Å². The van der Waals surface area contributed by atoms with Crippen LogP contribution >= 0.6 is 0 Å². The van der Waals surface area contributed by atoms with Crippen LogP contribution < -0.4 is 5.32 Å². The predicted octanol–water partition coefficient (Wildman–Crippen LogP) is 3.14. The van der Waals surface area contributed by atoms with E-state index < -0.39 is 11.8 Å². The molecule has 0 aromatic heterocycles. The van der Waals surface area contributed by atoms with Gasteiger partial charge in [0.1, 0.15) is 5.82 Å². The van der Waals surface area contributed by atoms with E-state index in [-0.39, 0.29) is 30.3 Å². The van der Waals surface area contributed by atoms with Gasteiger partial charge in [-0.15, -0.1) is 0 Å². The predicted molar refractivity (Wildman–Crippen MR) is 114 cm³/mol. The molecule has 0 unspecified atom stereocenters. The maximum Gasteiger partial charge on any atom is 0.309 e. The zero-order valence-corrected chi connectivity index (χ0v) is 17.6. The number of rotatable bonds is 7. The van der Waals surface area contributed by atoms with Crippen LogP contribution in [-0.4, -0.2) is 48.9 Å². The monoisotopic (exact) mass is 426 g/mol. The van der Waals surface area contributed by atoms with E-state index in [0.717, 1.165) is 5.56 Å². The van der Waals surface area contributed by atoms with Gasteiger partial charge in [0.2, 0.25) is 0 Å². The third-order valence-corrected chi connectivity index (χ3v) is 5.53. The summed E-state index contributed by atoms with van der Waals surface area (Å²) in [5.74, 6) is -1.51. The summed E-state index contributed by atoms with van der Waals surface area (Å²) in [5, 5.41) is 2.79. The van der Waals surface area contributed by atoms with Crippen LogP contribution in [0.5, 0.6) is 0 Å². The first kappa shape index (κ1) is 22.5. The van der Waals surface area contributed by atoms with Crippen molar-refractivity contribution in [1.29, 1.82) is 0 Å². The van der Waals surface area contributed by atoms with Gasteiger partial charge in [-0.25, -0.2) is 4.39 Å². The minimum atomic E-state index is -0.417. The number of hydrogen-bond donors (Lipinski definition) is 1. The van der Waals surface area contributed by atoms with Gasteiger partial charge in [0.25, 0.3) is 11.8 Å². The Bertz CT molecular complexity index is 894. The lowest BCUT2D eigenvalue weighted by molar-refractivity contribution is -0.153. The topological polar surface area (TPSA) is 75.7 Å². The minimum absolute atomic E-state index is 0.156. The maximum absolute atomic E-state index is 13.0. The van der Waals surface area contributed by atoms with Crippen molar-refractivity contribution >= 4 is 17.8 Å². The molecule has 2 amide bonds. The summed E-state index contributed by atoms with van der Waals surface area (Å²) in [5.41, 5.74) is 1.55. The number of esters is 1. The van der Waals surface area contributed by atoms with E-state index in [0.29, 0.717) is 38.0 Å². The molecule has 1 fully saturated rings. The van der Waals surface area contributed by atoms with Crippen LogP contribution in [0.15, 0.2) is 54.6 Å². The molecule has 0 spiro atoms. The van der Waals surface area contributed by atoms with Gasteiger partial charge in [-0.05, 0) is 48.6 Å². The molecule has 31 heavy (non-hydrogen) atoms. The van der Waals surface area contributed by atoms with Crippen LogP contribution in [0.1, 0.15) is 41.6 Å². The highest BCUT2D eigenvalue weighted by molar-refractivity contribution is 5.94. The summed E-state index contributed by atoms with van der Waals surface area (Å²) < 4.78 is 18.2. The molecule has 1 N–H and O–H groups in total. The number of carbonyl (C=O) groups is 3. The van der Waals surface area contributed by atoms with Gasteiger partial charge in [-0.2, -0.15) is 0 Å². The zero-order chi connectivity index (χ0) is 22.2. The molecule has 2 aromatic rings. The smallest absolute Gasteiger partial charge is 0.309 e. The van der Waals surface area contributed by atoms with Gasteiger partial charge in [0.05, 0.1) is 5.92 Å². The van der Waals surface area contributed by atoms with Crippen LogP contribution in [0.4, 0.5) is 4.39 Å². The Hall–Kier alpha value is -3.22. The van der Waals surface area contributed by atoms with E-state index in [2.05, 4.69) is 5.32 Å². The van der Waals surface area contributed by atoms with E-state index in [9.17, 15) is 18.8 Å². The van der Waals surface area contributed by atoms with Gasteiger partial charge < -0.3 is 15.0 Å². The number of nitrogens with one attached hydrogen (secondary N) is 1. The molecule has 0 bridgehead atoms. The Labute approximate surface area is 181 Å². The fraction of sp³-hybridized carbons (Fsp3) is 0.375. The molecule has 1 atom stereocenters. The van der Waals surface area contributed by atoms with E-state index in [4.69, 9.17) is 4.74 Å². The SMILES string of the molecule is C[C@@H](CNC(=O)COC(=O)C1CCN(C(=O)c2ccc(F)cc2)CC1)c1ccccc1. The number of amides is 2. The summed E-state index contributed by atoms with van der Waals surface area (Å²) in [7, 11) is 0. The van der Waals surface area contributed by atoms with E-state index >= 15 is 0 Å². The van der Waals surface area contributed by atoms with Crippen LogP contribution in [0.25, 0.3) is 0 Å². The first-order chi connectivity index (χ1) is 14.9. The first-order valence-electron chi connectivity index (χ1n) is 10.5. The van der Waals surface area contributed by atoms with Crippen LogP contribution in [0.3, 0.4) is 0 Å². The van der Waals surface area contributed by atoms with Crippen molar-refractivity contribution in [2.24, 2.45) is 5.92 Å². The number of carbonyl (C=O) groups excluding carboxylic acids is 3. The van der Waals surface area contributed by atoms with Crippen molar-refractivity contribution in [3.63, 3.8) is 0 Å². The van der Waals surface area contributed by atoms with Crippen molar-refractivity contribution in [3.8, 4) is 0 Å². The van der Waals surface area contributed by atoms with Crippen molar-refractivity contribution in [1.82, 2.24) is 10.2 Å². The second kappa shape index (κ2) is 10.7. The van der Waals surface area contributed by atoms with Crippen LogP contribution in [0, 0.1) is 11.7 Å². The average molecular weight is 426 g/mol. The highest BCUT2D eigenvalue weighted by Crippen LogP contribution is 2.20. The fourth-order valence-electron chi connectivity index (χ4n) is 3.57. The molecule has 0 aliphatic carbocycles. The van der Waals surface area contributed by atoms with Gasteiger partial charge in [0.15, 0.2) is 6.61 Å². The molecule has 3 rings (SSSR count). The molecule has 2 aromatic carbocycles. The number of nitrogens with zero attached hydrogens (tertiary/aromatic N) is 1. The summed E-state index contributed by atoms with van der Waals surface area (Å²) >= 11 is 0. The molecular formula is C24H27FN2O4. The van der Waals surface area contributed by atoms with Crippen molar-refractivity contribution in [3.05, 3.63) is 71.5 Å². The number of ether oxygens (including phenoxy) is 1. The van der Waals surface area contributed by atoms with Crippen molar-refractivity contribution in [2.45, 2.75) is 25.7 Å².